The Morgan fingerprint density at radius 1 is 0.778 bits per heavy atom. The molecule has 2 nitrogen and oxygen atoms in total. The molecule has 0 bridgehead atoms. The van der Waals surface area contributed by atoms with Gasteiger partial charge in [0.2, 0.25) is 0 Å². The quantitative estimate of drug-likeness (QED) is 0.533. The Morgan fingerprint density at radius 2 is 1.00 bits per heavy atom. The Labute approximate surface area is 70.2 Å². The van der Waals surface area contributed by atoms with E-state index < -0.39 is 0 Å². The van der Waals surface area contributed by atoms with Gasteiger partial charge < -0.3 is 10.2 Å². The molecule has 0 fully saturated rings. The fourth-order valence-electron chi connectivity index (χ4n) is 0.453. The Balaban J connectivity index is 0.000000640. The Hall–Kier alpha value is -0.450. The molecule has 0 heterocycles. The van der Waals surface area contributed by atoms with E-state index in [4.69, 9.17) is 10.2 Å². The highest BCUT2D eigenvalue weighted by molar-refractivity contribution is 14.0. The van der Waals surface area contributed by atoms with Crippen molar-refractivity contribution in [2.45, 2.75) is 0 Å². The first-order chi connectivity index (χ1) is 3.79. The Kier molecular flexibility index (Phi) is 3.37. The third kappa shape index (κ3) is 2.55. The summed E-state index contributed by atoms with van der Waals surface area (Å²) in [6.45, 7) is 0. The Bertz CT molecular complexity index is 150. The molecule has 0 aliphatic rings. The van der Waals surface area contributed by atoms with Gasteiger partial charge in [-0.2, -0.15) is 0 Å². The summed E-state index contributed by atoms with van der Waals surface area (Å²) < 4.78 is 0. The van der Waals surface area contributed by atoms with Crippen LogP contribution in [0.1, 0.15) is 0 Å². The molecule has 0 saturated heterocycles. The van der Waals surface area contributed by atoms with Crippen molar-refractivity contribution >= 4 is 24.0 Å². The molecule has 50 valence electrons. The minimum Gasteiger partial charge on any atom is -0.508 e. The van der Waals surface area contributed by atoms with Crippen molar-refractivity contribution < 1.29 is 10.2 Å². The monoisotopic (exact) mass is 238 g/mol. The molecule has 1 aromatic rings. The summed E-state index contributed by atoms with van der Waals surface area (Å²) in [5, 5.41) is 17.3. The molecular formula is C6H7IO2. The number of aromatic hydroxyl groups is 2. The summed E-state index contributed by atoms with van der Waals surface area (Å²) in [4.78, 5) is 0. The molecule has 0 aliphatic heterocycles. The van der Waals surface area contributed by atoms with Gasteiger partial charge in [0, 0.05) is 0 Å². The van der Waals surface area contributed by atoms with Crippen LogP contribution in [0.25, 0.3) is 0 Å². The molecule has 1 aromatic carbocycles. The highest BCUT2D eigenvalue weighted by atomic mass is 127. The lowest BCUT2D eigenvalue weighted by atomic mass is 10.3. The summed E-state index contributed by atoms with van der Waals surface area (Å²) in [5.41, 5.74) is 0. The molecular weight excluding hydrogens is 231 g/mol. The van der Waals surface area contributed by atoms with Gasteiger partial charge in [-0.15, -0.1) is 24.0 Å². The van der Waals surface area contributed by atoms with Crippen LogP contribution in [-0.2, 0) is 0 Å². The zero-order chi connectivity index (χ0) is 5.98. The molecule has 0 unspecified atom stereocenters. The topological polar surface area (TPSA) is 40.5 Å². The molecule has 0 spiro atoms. The maximum Gasteiger partial charge on any atom is 0.115 e. The molecule has 0 aromatic heterocycles. The van der Waals surface area contributed by atoms with E-state index in [0.717, 1.165) is 0 Å². The number of hydrogen-bond acceptors (Lipinski definition) is 2. The van der Waals surface area contributed by atoms with E-state index in [1.165, 1.54) is 24.3 Å². The first-order valence-electron chi connectivity index (χ1n) is 2.27. The molecule has 0 radical (unpaired) electrons. The summed E-state index contributed by atoms with van der Waals surface area (Å²) in [6.07, 6.45) is 0. The van der Waals surface area contributed by atoms with Crippen molar-refractivity contribution in [3.8, 4) is 11.5 Å². The van der Waals surface area contributed by atoms with Gasteiger partial charge in [-0.1, -0.05) is 0 Å². The standard InChI is InChI=1S/C6H6O2.HI/c7-5-1-2-6(8)4-3-5;/h1-4,7-8H;1H. The minimum atomic E-state index is 0. The summed E-state index contributed by atoms with van der Waals surface area (Å²) >= 11 is 0. The number of phenolic OH excluding ortho intramolecular Hbond substituents is 2. The third-order valence-corrected chi connectivity index (χ3v) is 0.850. The van der Waals surface area contributed by atoms with Crippen LogP contribution in [-0.4, -0.2) is 10.2 Å². The van der Waals surface area contributed by atoms with E-state index in [1.54, 1.807) is 0 Å². The molecule has 0 saturated carbocycles. The van der Waals surface area contributed by atoms with Crippen LogP contribution in [0.3, 0.4) is 0 Å². The number of halogens is 1. The molecule has 2 N–H and O–H groups in total. The van der Waals surface area contributed by atoms with Crippen LogP contribution >= 0.6 is 24.0 Å². The predicted molar refractivity (Wildman–Crippen MR) is 45.2 cm³/mol. The van der Waals surface area contributed by atoms with E-state index in [9.17, 15) is 0 Å². The van der Waals surface area contributed by atoms with Gasteiger partial charge in [-0.3, -0.25) is 0 Å². The third-order valence-electron chi connectivity index (χ3n) is 0.850. The zero-order valence-electron chi connectivity index (χ0n) is 4.61. The van der Waals surface area contributed by atoms with Crippen LogP contribution in [0.5, 0.6) is 11.5 Å². The fraction of sp³-hybridized carbons (Fsp3) is 0. The van der Waals surface area contributed by atoms with Gasteiger partial charge in [0.25, 0.3) is 0 Å². The van der Waals surface area contributed by atoms with Crippen LogP contribution in [0.15, 0.2) is 24.3 Å². The molecule has 0 amide bonds. The van der Waals surface area contributed by atoms with Gasteiger partial charge in [-0.05, 0) is 24.3 Å². The minimum absolute atomic E-state index is 0. The second-order valence-electron chi connectivity index (χ2n) is 1.52. The maximum atomic E-state index is 8.65. The van der Waals surface area contributed by atoms with Crippen molar-refractivity contribution in [3.05, 3.63) is 24.3 Å². The van der Waals surface area contributed by atoms with E-state index in [0.29, 0.717) is 0 Å². The first-order valence-corrected chi connectivity index (χ1v) is 2.27. The summed E-state index contributed by atoms with van der Waals surface area (Å²) in [7, 11) is 0. The van der Waals surface area contributed by atoms with Crippen molar-refractivity contribution in [2.24, 2.45) is 0 Å². The second-order valence-corrected chi connectivity index (χ2v) is 1.52. The van der Waals surface area contributed by atoms with E-state index in [1.807, 2.05) is 0 Å². The average Bonchev–Trinajstić information content (AvgIpc) is 1.77. The number of benzene rings is 1. The van der Waals surface area contributed by atoms with Crippen molar-refractivity contribution in [1.82, 2.24) is 0 Å². The fourth-order valence-corrected chi connectivity index (χ4v) is 0.453. The zero-order valence-corrected chi connectivity index (χ0v) is 6.94. The molecule has 0 atom stereocenters. The largest absolute Gasteiger partial charge is 0.508 e. The average molecular weight is 238 g/mol. The first kappa shape index (κ1) is 8.55. The predicted octanol–water partition coefficient (Wildman–Crippen LogP) is 1.72. The lowest BCUT2D eigenvalue weighted by Crippen LogP contribution is -1.61. The van der Waals surface area contributed by atoms with E-state index >= 15 is 0 Å². The van der Waals surface area contributed by atoms with Crippen molar-refractivity contribution in [3.63, 3.8) is 0 Å². The number of rotatable bonds is 0. The SMILES string of the molecule is I.Oc1ccc(O)cc1. The van der Waals surface area contributed by atoms with Crippen LogP contribution in [0.4, 0.5) is 0 Å². The smallest absolute Gasteiger partial charge is 0.115 e. The summed E-state index contributed by atoms with van der Waals surface area (Å²) in [6, 6.07) is 5.70. The second kappa shape index (κ2) is 3.55. The van der Waals surface area contributed by atoms with Crippen LogP contribution in [0.2, 0.25) is 0 Å². The molecule has 9 heavy (non-hydrogen) atoms. The highest BCUT2D eigenvalue weighted by Gasteiger charge is 1.84. The van der Waals surface area contributed by atoms with E-state index in [2.05, 4.69) is 0 Å². The molecule has 3 heteroatoms. The van der Waals surface area contributed by atoms with Gasteiger partial charge in [0.05, 0.1) is 0 Å². The maximum absolute atomic E-state index is 8.65. The highest BCUT2D eigenvalue weighted by Crippen LogP contribution is 2.13. The van der Waals surface area contributed by atoms with E-state index in [-0.39, 0.29) is 35.5 Å². The van der Waals surface area contributed by atoms with Gasteiger partial charge in [-0.25, -0.2) is 0 Å². The Morgan fingerprint density at radius 3 is 1.22 bits per heavy atom. The lowest BCUT2D eigenvalue weighted by Gasteiger charge is -1.88. The normalized spacial score (nSPS) is 8.00. The van der Waals surface area contributed by atoms with Crippen LogP contribution in [0, 0.1) is 0 Å². The van der Waals surface area contributed by atoms with Gasteiger partial charge >= 0.3 is 0 Å². The molecule has 1 rings (SSSR count). The van der Waals surface area contributed by atoms with Crippen LogP contribution < -0.4 is 0 Å². The number of phenols is 2. The summed E-state index contributed by atoms with van der Waals surface area (Å²) in [5.74, 6) is 0.339. The van der Waals surface area contributed by atoms with Gasteiger partial charge in [0.15, 0.2) is 0 Å². The lowest BCUT2D eigenvalue weighted by molar-refractivity contribution is 0.460. The molecule has 0 aliphatic carbocycles. The number of hydrogen-bond donors (Lipinski definition) is 2. The van der Waals surface area contributed by atoms with Crippen molar-refractivity contribution in [1.29, 1.82) is 0 Å². The van der Waals surface area contributed by atoms with Gasteiger partial charge in [0.1, 0.15) is 11.5 Å². The van der Waals surface area contributed by atoms with Crippen molar-refractivity contribution in [2.75, 3.05) is 0 Å².